The summed E-state index contributed by atoms with van der Waals surface area (Å²) in [5, 5.41) is 10.9. The second-order valence-corrected chi connectivity index (χ2v) is 4.06. The number of urea groups is 1. The van der Waals surface area contributed by atoms with Crippen molar-refractivity contribution in [2.45, 2.75) is 0 Å². The molecule has 7 heteroatoms. The molecule has 2 rings (SSSR count). The topological polar surface area (TPSA) is 92.7 Å². The first kappa shape index (κ1) is 12.2. The summed E-state index contributed by atoms with van der Waals surface area (Å²) in [7, 11) is 0. The SMILES string of the molecule is NC(=O)N1CCN(c2ccccc2[N+](=O)[O-])CC1. The van der Waals surface area contributed by atoms with E-state index < -0.39 is 11.0 Å². The van der Waals surface area contributed by atoms with Crippen molar-refractivity contribution in [2.75, 3.05) is 31.1 Å². The number of nitrogens with two attached hydrogens (primary N) is 1. The molecule has 0 spiro atoms. The van der Waals surface area contributed by atoms with Crippen molar-refractivity contribution in [1.29, 1.82) is 0 Å². The molecule has 1 fully saturated rings. The molecule has 2 amide bonds. The van der Waals surface area contributed by atoms with Crippen LogP contribution in [0.1, 0.15) is 0 Å². The monoisotopic (exact) mass is 250 g/mol. The molecule has 1 aromatic rings. The van der Waals surface area contributed by atoms with Crippen molar-refractivity contribution in [3.63, 3.8) is 0 Å². The van der Waals surface area contributed by atoms with Gasteiger partial charge in [-0.15, -0.1) is 0 Å². The van der Waals surface area contributed by atoms with Crippen molar-refractivity contribution < 1.29 is 9.72 Å². The van der Waals surface area contributed by atoms with E-state index in [4.69, 9.17) is 5.73 Å². The summed E-state index contributed by atoms with van der Waals surface area (Å²) in [6.45, 7) is 2.07. The summed E-state index contributed by atoms with van der Waals surface area (Å²) in [4.78, 5) is 25.0. The fourth-order valence-corrected chi connectivity index (χ4v) is 2.05. The van der Waals surface area contributed by atoms with Crippen molar-refractivity contribution >= 4 is 17.4 Å². The number of carbonyl (C=O) groups is 1. The van der Waals surface area contributed by atoms with Crippen LogP contribution in [0, 0.1) is 10.1 Å². The molecule has 0 atom stereocenters. The summed E-state index contributed by atoms with van der Waals surface area (Å²) in [5.74, 6) is 0. The van der Waals surface area contributed by atoms with Gasteiger partial charge in [-0.25, -0.2) is 4.79 Å². The quantitative estimate of drug-likeness (QED) is 0.620. The molecular weight excluding hydrogens is 236 g/mol. The molecule has 2 N–H and O–H groups in total. The number of para-hydroxylation sites is 2. The standard InChI is InChI=1S/C11H14N4O3/c12-11(16)14-7-5-13(6-8-14)9-3-1-2-4-10(9)15(17)18/h1-4H,5-8H2,(H2,12,16). The molecule has 0 unspecified atom stereocenters. The number of nitro groups is 1. The highest BCUT2D eigenvalue weighted by molar-refractivity contribution is 5.72. The molecule has 18 heavy (non-hydrogen) atoms. The number of primary amides is 1. The number of rotatable bonds is 2. The van der Waals surface area contributed by atoms with Gasteiger partial charge in [0.1, 0.15) is 5.69 Å². The molecule has 0 bridgehead atoms. The third kappa shape index (κ3) is 2.34. The predicted molar refractivity (Wildman–Crippen MR) is 66.5 cm³/mol. The fraction of sp³-hybridized carbons (Fsp3) is 0.364. The Labute approximate surface area is 104 Å². The molecule has 1 aliphatic rings. The maximum absolute atomic E-state index is 11.0. The van der Waals surface area contributed by atoms with Crippen LogP contribution in [0.5, 0.6) is 0 Å². The molecule has 0 aliphatic carbocycles. The van der Waals surface area contributed by atoms with Crippen molar-refractivity contribution in [1.82, 2.24) is 4.90 Å². The molecule has 1 saturated heterocycles. The lowest BCUT2D eigenvalue weighted by atomic mass is 10.2. The Morgan fingerprint density at radius 3 is 2.39 bits per heavy atom. The van der Waals surface area contributed by atoms with E-state index in [0.29, 0.717) is 31.9 Å². The van der Waals surface area contributed by atoms with Gasteiger partial charge in [0.25, 0.3) is 5.69 Å². The van der Waals surface area contributed by atoms with Crippen LogP contribution in [0.3, 0.4) is 0 Å². The minimum Gasteiger partial charge on any atom is -0.362 e. The lowest BCUT2D eigenvalue weighted by Gasteiger charge is -2.34. The molecule has 96 valence electrons. The number of nitro benzene ring substituents is 1. The fourth-order valence-electron chi connectivity index (χ4n) is 2.05. The Balaban J connectivity index is 2.15. The second-order valence-electron chi connectivity index (χ2n) is 4.06. The van der Waals surface area contributed by atoms with E-state index in [2.05, 4.69) is 0 Å². The number of nitrogens with zero attached hydrogens (tertiary/aromatic N) is 3. The first-order valence-corrected chi connectivity index (χ1v) is 5.62. The van der Waals surface area contributed by atoms with Gasteiger partial charge in [-0.3, -0.25) is 10.1 Å². The highest BCUT2D eigenvalue weighted by Crippen LogP contribution is 2.28. The molecular formula is C11H14N4O3. The maximum atomic E-state index is 11.0. The number of benzene rings is 1. The van der Waals surface area contributed by atoms with E-state index in [-0.39, 0.29) is 5.69 Å². The molecule has 1 aliphatic heterocycles. The van der Waals surface area contributed by atoms with Crippen LogP contribution in [0.25, 0.3) is 0 Å². The molecule has 1 aromatic carbocycles. The van der Waals surface area contributed by atoms with Crippen LogP contribution in [0.15, 0.2) is 24.3 Å². The number of amides is 2. The summed E-state index contributed by atoms with van der Waals surface area (Å²) in [5.41, 5.74) is 5.87. The van der Waals surface area contributed by atoms with Crippen LogP contribution < -0.4 is 10.6 Å². The Kier molecular flexibility index (Phi) is 3.31. The van der Waals surface area contributed by atoms with Gasteiger partial charge in [0, 0.05) is 32.2 Å². The van der Waals surface area contributed by atoms with Crippen molar-refractivity contribution in [2.24, 2.45) is 5.73 Å². The minimum atomic E-state index is -0.447. The van der Waals surface area contributed by atoms with Gasteiger partial charge in [0.15, 0.2) is 0 Å². The number of carbonyl (C=O) groups excluding carboxylic acids is 1. The summed E-state index contributed by atoms with van der Waals surface area (Å²) in [6, 6.07) is 6.16. The maximum Gasteiger partial charge on any atom is 0.314 e. The van der Waals surface area contributed by atoms with E-state index in [9.17, 15) is 14.9 Å². The third-order valence-electron chi connectivity index (χ3n) is 3.01. The van der Waals surface area contributed by atoms with Gasteiger partial charge in [-0.2, -0.15) is 0 Å². The largest absolute Gasteiger partial charge is 0.362 e. The molecule has 1 heterocycles. The van der Waals surface area contributed by atoms with Crippen LogP contribution in [0.2, 0.25) is 0 Å². The first-order valence-electron chi connectivity index (χ1n) is 5.62. The van der Waals surface area contributed by atoms with E-state index in [0.717, 1.165) is 0 Å². The average Bonchev–Trinajstić information content (AvgIpc) is 2.39. The number of piperazine rings is 1. The lowest BCUT2D eigenvalue weighted by Crippen LogP contribution is -2.50. The van der Waals surface area contributed by atoms with Crippen molar-refractivity contribution in [3.05, 3.63) is 34.4 Å². The molecule has 0 aromatic heterocycles. The molecule has 0 radical (unpaired) electrons. The number of hydrogen-bond acceptors (Lipinski definition) is 4. The summed E-state index contributed by atoms with van der Waals surface area (Å²) in [6.07, 6.45) is 0. The number of anilines is 1. The number of hydrogen-bond donors (Lipinski definition) is 1. The van der Waals surface area contributed by atoms with E-state index in [1.165, 1.54) is 11.0 Å². The smallest absolute Gasteiger partial charge is 0.314 e. The molecule has 0 saturated carbocycles. The second kappa shape index (κ2) is 4.91. The summed E-state index contributed by atoms with van der Waals surface area (Å²) >= 11 is 0. The van der Waals surface area contributed by atoms with Gasteiger partial charge in [0.2, 0.25) is 0 Å². The molecule has 7 nitrogen and oxygen atoms in total. The Hall–Kier alpha value is -2.31. The zero-order chi connectivity index (χ0) is 13.1. The highest BCUT2D eigenvalue weighted by Gasteiger charge is 2.24. The van der Waals surface area contributed by atoms with Crippen LogP contribution in [-0.4, -0.2) is 42.0 Å². The van der Waals surface area contributed by atoms with Crippen molar-refractivity contribution in [3.8, 4) is 0 Å². The van der Waals surface area contributed by atoms with E-state index in [1.807, 2.05) is 4.90 Å². The third-order valence-corrected chi connectivity index (χ3v) is 3.01. The first-order chi connectivity index (χ1) is 8.59. The van der Waals surface area contributed by atoms with Gasteiger partial charge >= 0.3 is 6.03 Å². The minimum absolute atomic E-state index is 0.0880. The Bertz CT molecular complexity index is 469. The lowest BCUT2D eigenvalue weighted by molar-refractivity contribution is -0.384. The Morgan fingerprint density at radius 1 is 1.22 bits per heavy atom. The van der Waals surface area contributed by atoms with Crippen LogP contribution in [0.4, 0.5) is 16.2 Å². The summed E-state index contributed by atoms with van der Waals surface area (Å²) < 4.78 is 0. The Morgan fingerprint density at radius 2 is 1.83 bits per heavy atom. The van der Waals surface area contributed by atoms with Gasteiger partial charge in [-0.1, -0.05) is 12.1 Å². The van der Waals surface area contributed by atoms with Gasteiger partial charge in [0.05, 0.1) is 4.92 Å². The van der Waals surface area contributed by atoms with Gasteiger partial charge < -0.3 is 15.5 Å². The van der Waals surface area contributed by atoms with E-state index >= 15 is 0 Å². The van der Waals surface area contributed by atoms with E-state index in [1.54, 1.807) is 18.2 Å². The van der Waals surface area contributed by atoms with Crippen LogP contribution >= 0.6 is 0 Å². The van der Waals surface area contributed by atoms with Crippen LogP contribution in [-0.2, 0) is 0 Å². The van der Waals surface area contributed by atoms with Gasteiger partial charge in [-0.05, 0) is 6.07 Å². The highest BCUT2D eigenvalue weighted by atomic mass is 16.6. The zero-order valence-electron chi connectivity index (χ0n) is 9.78. The predicted octanol–water partition coefficient (Wildman–Crippen LogP) is 0.795. The average molecular weight is 250 g/mol. The normalized spacial score (nSPS) is 15.6. The zero-order valence-corrected chi connectivity index (χ0v) is 9.78.